The summed E-state index contributed by atoms with van der Waals surface area (Å²) < 4.78 is 2.30. The molecule has 0 heterocycles. The van der Waals surface area contributed by atoms with Gasteiger partial charge in [0, 0.05) is 11.1 Å². The molecule has 2 nitrogen and oxygen atoms in total. The third kappa shape index (κ3) is 14.7. The first-order chi connectivity index (χ1) is 20.4. The maximum atomic E-state index is 2.45. The number of unbranched alkanes of at least 4 members (excludes halogenated alkanes) is 14. The lowest BCUT2D eigenvalue weighted by Crippen LogP contribution is -2.43. The van der Waals surface area contributed by atoms with Crippen molar-refractivity contribution in [2.24, 2.45) is 0 Å². The van der Waals surface area contributed by atoms with Crippen LogP contribution in [0, 0.1) is 0 Å². The number of hydrogen-bond acceptors (Lipinski definition) is 0. The van der Waals surface area contributed by atoms with Crippen LogP contribution in [0.4, 0.5) is 0 Å². The highest BCUT2D eigenvalue weighted by atomic mass is 15.3. The van der Waals surface area contributed by atoms with Gasteiger partial charge >= 0.3 is 0 Å². The first-order valence-electron chi connectivity index (χ1n) is 18.2. The second-order valence-electron chi connectivity index (χ2n) is 14.0. The van der Waals surface area contributed by atoms with E-state index < -0.39 is 0 Å². The number of rotatable bonds is 25. The molecule has 2 aromatic carbocycles. The van der Waals surface area contributed by atoms with E-state index in [1.54, 1.807) is 0 Å². The van der Waals surface area contributed by atoms with Crippen molar-refractivity contribution in [3.05, 3.63) is 59.7 Å². The summed E-state index contributed by atoms with van der Waals surface area (Å²) in [6.07, 6.45) is 22.4. The van der Waals surface area contributed by atoms with Crippen molar-refractivity contribution < 1.29 is 8.97 Å². The van der Waals surface area contributed by atoms with E-state index in [4.69, 9.17) is 0 Å². The second kappa shape index (κ2) is 21.1. The maximum Gasteiger partial charge on any atom is 0.104 e. The van der Waals surface area contributed by atoms with Crippen molar-refractivity contribution in [3.8, 4) is 11.1 Å². The van der Waals surface area contributed by atoms with E-state index in [0.717, 1.165) is 22.1 Å². The van der Waals surface area contributed by atoms with Crippen LogP contribution in [0.5, 0.6) is 0 Å². The van der Waals surface area contributed by atoms with Crippen molar-refractivity contribution in [1.82, 2.24) is 0 Å². The molecule has 2 rings (SSSR count). The number of nitrogens with zero attached hydrogens (tertiary/aromatic N) is 2. The molecule has 2 heteroatoms. The summed E-state index contributed by atoms with van der Waals surface area (Å²) in [5.74, 6) is 0. The normalized spacial score (nSPS) is 14.5. The van der Waals surface area contributed by atoms with Gasteiger partial charge in [-0.15, -0.1) is 0 Å². The predicted octanol–water partition coefficient (Wildman–Crippen LogP) is 11.6. The first-order valence-corrected chi connectivity index (χ1v) is 18.2. The number of quaternary nitrogens is 2. The van der Waals surface area contributed by atoms with Crippen LogP contribution < -0.4 is 0 Å². The lowest BCUT2D eigenvalue weighted by atomic mass is 10.0. The van der Waals surface area contributed by atoms with E-state index in [1.165, 1.54) is 151 Å². The highest BCUT2D eigenvalue weighted by Gasteiger charge is 2.20. The molecule has 0 radical (unpaired) electrons. The Balaban J connectivity index is 1.80. The van der Waals surface area contributed by atoms with Gasteiger partial charge in [0.15, 0.2) is 0 Å². The third-order valence-electron chi connectivity index (χ3n) is 10.00. The Labute approximate surface area is 263 Å². The van der Waals surface area contributed by atoms with Gasteiger partial charge in [-0.1, -0.05) is 139 Å². The standard InChI is InChI=1S/C40H70N2/c1-7-11-13-15-17-19-21-23-33-41(5,9-3)35-37-25-29-39(30-26-37)40-31-27-38(28-32-40)36-42(6,10-4)34-24-22-20-18-16-14-12-8-2/h25-32H,7-24,33-36H2,1-6H3/q+2. The molecule has 0 saturated heterocycles. The van der Waals surface area contributed by atoms with E-state index in [2.05, 4.69) is 90.3 Å². The van der Waals surface area contributed by atoms with E-state index in [-0.39, 0.29) is 0 Å². The predicted molar refractivity (Wildman–Crippen MR) is 188 cm³/mol. The topological polar surface area (TPSA) is 0 Å². The Bertz CT molecular complexity index is 840. The molecule has 0 amide bonds. The molecule has 0 fully saturated rings. The fraction of sp³-hybridized carbons (Fsp3) is 0.700. The Morgan fingerprint density at radius 3 is 0.952 bits per heavy atom. The molecule has 2 unspecified atom stereocenters. The fourth-order valence-electron chi connectivity index (χ4n) is 6.44. The molecule has 0 aliphatic carbocycles. The average molecular weight is 579 g/mol. The highest BCUT2D eigenvalue weighted by Crippen LogP contribution is 2.24. The minimum absolute atomic E-state index is 1.14. The largest absolute Gasteiger partial charge is 0.323 e. The fourth-order valence-corrected chi connectivity index (χ4v) is 6.44. The first kappa shape index (κ1) is 36.6. The molecule has 238 valence electrons. The lowest BCUT2D eigenvalue weighted by molar-refractivity contribution is -0.921. The van der Waals surface area contributed by atoms with Crippen LogP contribution >= 0.6 is 0 Å². The molecule has 0 aliphatic heterocycles. The van der Waals surface area contributed by atoms with Gasteiger partial charge in [-0.25, -0.2) is 0 Å². The van der Waals surface area contributed by atoms with Gasteiger partial charge < -0.3 is 8.97 Å². The molecule has 2 aromatic rings. The zero-order valence-electron chi connectivity index (χ0n) is 29.1. The Kier molecular flexibility index (Phi) is 18.4. The molecule has 42 heavy (non-hydrogen) atoms. The summed E-state index contributed by atoms with van der Waals surface area (Å²) in [4.78, 5) is 0. The quantitative estimate of drug-likeness (QED) is 0.0812. The van der Waals surface area contributed by atoms with Crippen LogP contribution in [-0.2, 0) is 13.1 Å². The van der Waals surface area contributed by atoms with Crippen LogP contribution in [0.25, 0.3) is 11.1 Å². The van der Waals surface area contributed by atoms with Crippen LogP contribution in [-0.4, -0.2) is 49.2 Å². The average Bonchev–Trinajstić information content (AvgIpc) is 3.00. The van der Waals surface area contributed by atoms with Crippen molar-refractivity contribution in [1.29, 1.82) is 0 Å². The van der Waals surface area contributed by atoms with Crippen molar-refractivity contribution in [3.63, 3.8) is 0 Å². The molecule has 0 saturated carbocycles. The summed E-state index contributed by atoms with van der Waals surface area (Å²) in [5.41, 5.74) is 5.61. The summed E-state index contributed by atoms with van der Waals surface area (Å²) in [6, 6.07) is 18.9. The summed E-state index contributed by atoms with van der Waals surface area (Å²) in [7, 11) is 4.90. The SMILES string of the molecule is CCCCCCCCCC[N+](C)(CC)Cc1ccc(-c2ccc(C[N+](C)(CC)CCCCCCCCCC)cc2)cc1. The zero-order chi connectivity index (χ0) is 30.5. The van der Waals surface area contributed by atoms with Crippen LogP contribution in [0.3, 0.4) is 0 Å². The van der Waals surface area contributed by atoms with Gasteiger partial charge in [0.25, 0.3) is 0 Å². The zero-order valence-corrected chi connectivity index (χ0v) is 29.1. The molecule has 0 N–H and O–H groups in total. The van der Waals surface area contributed by atoms with E-state index >= 15 is 0 Å². The van der Waals surface area contributed by atoms with Gasteiger partial charge in [0.05, 0.1) is 40.3 Å². The van der Waals surface area contributed by atoms with Crippen molar-refractivity contribution >= 4 is 0 Å². The molecule has 0 bridgehead atoms. The highest BCUT2D eigenvalue weighted by molar-refractivity contribution is 5.63. The van der Waals surface area contributed by atoms with Crippen LogP contribution in [0.1, 0.15) is 142 Å². The van der Waals surface area contributed by atoms with Crippen LogP contribution in [0.2, 0.25) is 0 Å². The minimum Gasteiger partial charge on any atom is -0.323 e. The smallest absolute Gasteiger partial charge is 0.104 e. The maximum absolute atomic E-state index is 2.45. The molecule has 2 atom stereocenters. The molecule has 0 aromatic heterocycles. The Hall–Kier alpha value is -1.64. The van der Waals surface area contributed by atoms with Gasteiger partial charge in [0.2, 0.25) is 0 Å². The van der Waals surface area contributed by atoms with Gasteiger partial charge in [-0.2, -0.15) is 0 Å². The molecular formula is C40H70N2+2. The second-order valence-corrected chi connectivity index (χ2v) is 14.0. The van der Waals surface area contributed by atoms with Crippen LogP contribution in [0.15, 0.2) is 48.5 Å². The number of hydrogen-bond donors (Lipinski definition) is 0. The number of benzene rings is 2. The molecule has 0 aliphatic rings. The summed E-state index contributed by atoms with van der Waals surface area (Å²) >= 11 is 0. The molecular weight excluding hydrogens is 508 g/mol. The lowest BCUT2D eigenvalue weighted by Gasteiger charge is -2.34. The monoisotopic (exact) mass is 579 g/mol. The Morgan fingerprint density at radius 1 is 0.381 bits per heavy atom. The van der Waals surface area contributed by atoms with Crippen molar-refractivity contribution in [2.75, 3.05) is 40.3 Å². The van der Waals surface area contributed by atoms with Crippen molar-refractivity contribution in [2.45, 2.75) is 144 Å². The summed E-state index contributed by atoms with van der Waals surface area (Å²) in [6.45, 7) is 16.6. The van der Waals surface area contributed by atoms with Gasteiger partial charge in [-0.05, 0) is 50.7 Å². The van der Waals surface area contributed by atoms with E-state index in [1.807, 2.05) is 0 Å². The summed E-state index contributed by atoms with van der Waals surface area (Å²) in [5, 5.41) is 0. The van der Waals surface area contributed by atoms with E-state index in [0.29, 0.717) is 0 Å². The van der Waals surface area contributed by atoms with Gasteiger partial charge in [0.1, 0.15) is 13.1 Å². The third-order valence-corrected chi connectivity index (χ3v) is 10.00. The van der Waals surface area contributed by atoms with Gasteiger partial charge in [-0.3, -0.25) is 0 Å². The Morgan fingerprint density at radius 2 is 0.667 bits per heavy atom. The minimum atomic E-state index is 1.14. The molecule has 0 spiro atoms. The van der Waals surface area contributed by atoms with E-state index in [9.17, 15) is 0 Å².